The number of rotatable bonds is 4. The Bertz CT molecular complexity index is 335. The van der Waals surface area contributed by atoms with Gasteiger partial charge in [-0.2, -0.15) is 0 Å². The molecular weight excluding hydrogens is 200 g/mol. The number of amides is 1. The number of benzene rings is 1. The zero-order chi connectivity index (χ0) is 12.1. The van der Waals surface area contributed by atoms with Crippen LogP contribution in [0.15, 0.2) is 30.3 Å². The minimum atomic E-state index is -0.153. The summed E-state index contributed by atoms with van der Waals surface area (Å²) in [6.07, 6.45) is 0. The van der Waals surface area contributed by atoms with E-state index in [1.165, 1.54) is 0 Å². The number of nitrogens with zero attached hydrogens (tertiary/aromatic N) is 1. The highest BCUT2D eigenvalue weighted by molar-refractivity contribution is 5.95. The average Bonchev–Trinajstić information content (AvgIpc) is 2.30. The normalized spacial score (nSPS) is 14.2. The smallest absolute Gasteiger partial charge is 0.231 e. The number of hydrogen-bond acceptors (Lipinski definition) is 2. The second-order valence-electron chi connectivity index (χ2n) is 4.07. The monoisotopic (exact) mass is 220 g/mol. The highest BCUT2D eigenvalue weighted by atomic mass is 16.2. The summed E-state index contributed by atoms with van der Waals surface area (Å²) in [6, 6.07) is 9.57. The fourth-order valence-corrected chi connectivity index (χ4v) is 1.54. The molecule has 0 bridgehead atoms. The third kappa shape index (κ3) is 2.83. The van der Waals surface area contributed by atoms with Crippen molar-refractivity contribution in [3.8, 4) is 0 Å². The highest BCUT2D eigenvalue weighted by Gasteiger charge is 2.23. The molecule has 0 aromatic heterocycles. The van der Waals surface area contributed by atoms with Crippen molar-refractivity contribution < 1.29 is 4.79 Å². The maximum atomic E-state index is 12.2. The lowest BCUT2D eigenvalue weighted by atomic mass is 10.0. The molecule has 3 nitrogen and oxygen atoms in total. The van der Waals surface area contributed by atoms with Crippen molar-refractivity contribution >= 4 is 11.6 Å². The summed E-state index contributed by atoms with van der Waals surface area (Å²) in [5.41, 5.74) is 6.69. The molecule has 2 unspecified atom stereocenters. The lowest BCUT2D eigenvalue weighted by molar-refractivity contribution is -0.122. The third-order valence-corrected chi connectivity index (χ3v) is 2.83. The van der Waals surface area contributed by atoms with E-state index < -0.39 is 0 Å². The van der Waals surface area contributed by atoms with E-state index >= 15 is 0 Å². The fourth-order valence-electron chi connectivity index (χ4n) is 1.54. The van der Waals surface area contributed by atoms with E-state index in [0.29, 0.717) is 6.54 Å². The molecule has 16 heavy (non-hydrogen) atoms. The second kappa shape index (κ2) is 5.66. The van der Waals surface area contributed by atoms with Gasteiger partial charge in [0, 0.05) is 18.3 Å². The molecule has 1 aromatic rings. The van der Waals surface area contributed by atoms with E-state index in [2.05, 4.69) is 0 Å². The first-order chi connectivity index (χ1) is 7.57. The molecule has 2 atom stereocenters. The van der Waals surface area contributed by atoms with Crippen LogP contribution in [0.25, 0.3) is 0 Å². The van der Waals surface area contributed by atoms with Gasteiger partial charge in [0.2, 0.25) is 5.91 Å². The second-order valence-corrected chi connectivity index (χ2v) is 4.07. The van der Waals surface area contributed by atoms with E-state index in [-0.39, 0.29) is 17.9 Å². The van der Waals surface area contributed by atoms with Crippen molar-refractivity contribution in [1.29, 1.82) is 0 Å². The molecule has 0 fully saturated rings. The Labute approximate surface area is 97.2 Å². The zero-order valence-corrected chi connectivity index (χ0v) is 10.2. The Morgan fingerprint density at radius 2 is 1.88 bits per heavy atom. The van der Waals surface area contributed by atoms with E-state index in [0.717, 1.165) is 5.69 Å². The molecule has 0 heterocycles. The highest BCUT2D eigenvalue weighted by Crippen LogP contribution is 2.16. The number of hydrogen-bond donors (Lipinski definition) is 1. The summed E-state index contributed by atoms with van der Waals surface area (Å²) in [5.74, 6) is -0.0659. The standard InChI is InChI=1S/C13H20N2O/c1-4-15(12-8-6-5-7-9-12)13(16)10(2)11(3)14/h5-11H,4,14H2,1-3H3. The minimum absolute atomic E-state index is 0.0868. The van der Waals surface area contributed by atoms with Crippen LogP contribution < -0.4 is 10.6 Å². The number of nitrogens with two attached hydrogens (primary N) is 1. The van der Waals surface area contributed by atoms with Crippen LogP contribution in [0.3, 0.4) is 0 Å². The average molecular weight is 220 g/mol. The number of anilines is 1. The van der Waals surface area contributed by atoms with Gasteiger partial charge in [-0.05, 0) is 26.0 Å². The van der Waals surface area contributed by atoms with Gasteiger partial charge in [0.05, 0.1) is 5.92 Å². The van der Waals surface area contributed by atoms with Gasteiger partial charge in [0.1, 0.15) is 0 Å². The predicted octanol–water partition coefficient (Wildman–Crippen LogP) is 2.02. The van der Waals surface area contributed by atoms with Crippen LogP contribution in [0.5, 0.6) is 0 Å². The molecular formula is C13H20N2O. The van der Waals surface area contributed by atoms with Gasteiger partial charge in [-0.1, -0.05) is 25.1 Å². The first kappa shape index (κ1) is 12.7. The largest absolute Gasteiger partial charge is 0.327 e. The molecule has 0 saturated carbocycles. The summed E-state index contributed by atoms with van der Waals surface area (Å²) in [5, 5.41) is 0. The minimum Gasteiger partial charge on any atom is -0.327 e. The molecule has 0 aliphatic rings. The van der Waals surface area contributed by atoms with Crippen LogP contribution in [-0.4, -0.2) is 18.5 Å². The molecule has 2 N–H and O–H groups in total. The van der Waals surface area contributed by atoms with Gasteiger partial charge < -0.3 is 10.6 Å². The van der Waals surface area contributed by atoms with E-state index in [9.17, 15) is 4.79 Å². The van der Waals surface area contributed by atoms with Crippen LogP contribution in [0.4, 0.5) is 5.69 Å². The van der Waals surface area contributed by atoms with Crippen LogP contribution in [0.2, 0.25) is 0 Å². The molecule has 1 rings (SSSR count). The zero-order valence-electron chi connectivity index (χ0n) is 10.2. The number of para-hydroxylation sites is 1. The molecule has 0 spiro atoms. The maximum absolute atomic E-state index is 12.2. The first-order valence-electron chi connectivity index (χ1n) is 5.70. The van der Waals surface area contributed by atoms with Gasteiger partial charge in [-0.15, -0.1) is 0 Å². The van der Waals surface area contributed by atoms with Crippen LogP contribution in [-0.2, 0) is 4.79 Å². The quantitative estimate of drug-likeness (QED) is 0.843. The molecule has 3 heteroatoms. The van der Waals surface area contributed by atoms with E-state index in [1.54, 1.807) is 4.90 Å². The Balaban J connectivity index is 2.87. The molecule has 0 saturated heterocycles. The SMILES string of the molecule is CCN(C(=O)C(C)C(C)N)c1ccccc1. The molecule has 0 aliphatic heterocycles. The van der Waals surface area contributed by atoms with Gasteiger partial charge in [0.15, 0.2) is 0 Å². The van der Waals surface area contributed by atoms with Crippen molar-refractivity contribution in [2.45, 2.75) is 26.8 Å². The van der Waals surface area contributed by atoms with Crippen molar-refractivity contribution in [1.82, 2.24) is 0 Å². The molecule has 1 aromatic carbocycles. The Kier molecular flexibility index (Phi) is 4.50. The Hall–Kier alpha value is -1.35. The third-order valence-electron chi connectivity index (χ3n) is 2.83. The van der Waals surface area contributed by atoms with Crippen LogP contribution in [0.1, 0.15) is 20.8 Å². The number of carbonyl (C=O) groups is 1. The summed E-state index contributed by atoms with van der Waals surface area (Å²) in [6.45, 7) is 6.37. The molecule has 0 aliphatic carbocycles. The summed E-state index contributed by atoms with van der Waals surface area (Å²) in [4.78, 5) is 13.9. The van der Waals surface area contributed by atoms with E-state index in [4.69, 9.17) is 5.73 Å². The summed E-state index contributed by atoms with van der Waals surface area (Å²) < 4.78 is 0. The van der Waals surface area contributed by atoms with Gasteiger partial charge in [-0.25, -0.2) is 0 Å². The lowest BCUT2D eigenvalue weighted by Crippen LogP contribution is -2.41. The fraction of sp³-hybridized carbons (Fsp3) is 0.462. The Morgan fingerprint density at radius 3 is 2.31 bits per heavy atom. The Morgan fingerprint density at radius 1 is 1.31 bits per heavy atom. The summed E-state index contributed by atoms with van der Waals surface area (Å²) in [7, 11) is 0. The van der Waals surface area contributed by atoms with Crippen molar-refractivity contribution in [2.24, 2.45) is 11.7 Å². The van der Waals surface area contributed by atoms with Gasteiger partial charge in [0.25, 0.3) is 0 Å². The van der Waals surface area contributed by atoms with Crippen LogP contribution >= 0.6 is 0 Å². The van der Waals surface area contributed by atoms with Gasteiger partial charge >= 0.3 is 0 Å². The summed E-state index contributed by atoms with van der Waals surface area (Å²) >= 11 is 0. The molecule has 0 radical (unpaired) electrons. The molecule has 88 valence electrons. The van der Waals surface area contributed by atoms with Crippen LogP contribution in [0, 0.1) is 5.92 Å². The van der Waals surface area contributed by atoms with Crippen molar-refractivity contribution in [3.05, 3.63) is 30.3 Å². The number of carbonyl (C=O) groups excluding carboxylic acids is 1. The van der Waals surface area contributed by atoms with Gasteiger partial charge in [-0.3, -0.25) is 4.79 Å². The predicted molar refractivity (Wildman–Crippen MR) is 67.3 cm³/mol. The topological polar surface area (TPSA) is 46.3 Å². The molecule has 1 amide bonds. The maximum Gasteiger partial charge on any atom is 0.231 e. The lowest BCUT2D eigenvalue weighted by Gasteiger charge is -2.26. The van der Waals surface area contributed by atoms with Crippen molar-refractivity contribution in [3.63, 3.8) is 0 Å². The van der Waals surface area contributed by atoms with E-state index in [1.807, 2.05) is 51.1 Å². The van der Waals surface area contributed by atoms with Crippen molar-refractivity contribution in [2.75, 3.05) is 11.4 Å². The first-order valence-corrected chi connectivity index (χ1v) is 5.70.